The van der Waals surface area contributed by atoms with Crippen LogP contribution < -0.4 is 0 Å². The standard InChI is InChI=1S/C20H36O/c1-3-5-7-9-11-13-15-17-20(19-21)18-16-14-12-10-8-6-4-2/h11-14,19-20H,3-10,15-18H2,1-2H3/b13-11-,14-12-. The van der Waals surface area contributed by atoms with Crippen LogP contribution in [0.4, 0.5) is 0 Å². The maximum atomic E-state index is 11.1. The highest BCUT2D eigenvalue weighted by atomic mass is 16.1. The Bertz CT molecular complexity index is 241. The van der Waals surface area contributed by atoms with E-state index in [4.69, 9.17) is 0 Å². The van der Waals surface area contributed by atoms with Crippen molar-refractivity contribution in [1.82, 2.24) is 0 Å². The van der Waals surface area contributed by atoms with Gasteiger partial charge >= 0.3 is 0 Å². The molecule has 0 aromatic rings. The summed E-state index contributed by atoms with van der Waals surface area (Å²) in [4.78, 5) is 11.1. The third kappa shape index (κ3) is 15.4. The van der Waals surface area contributed by atoms with Crippen molar-refractivity contribution in [3.8, 4) is 0 Å². The van der Waals surface area contributed by atoms with E-state index in [0.29, 0.717) is 0 Å². The predicted octanol–water partition coefficient (Wildman–Crippen LogP) is 6.63. The van der Waals surface area contributed by atoms with Crippen molar-refractivity contribution < 1.29 is 4.79 Å². The number of aldehydes is 1. The molecule has 0 heterocycles. The smallest absolute Gasteiger partial charge is 0.123 e. The fourth-order valence-electron chi connectivity index (χ4n) is 2.40. The molecular weight excluding hydrogens is 256 g/mol. The lowest BCUT2D eigenvalue weighted by Crippen LogP contribution is -2.00. The zero-order valence-electron chi connectivity index (χ0n) is 14.4. The van der Waals surface area contributed by atoms with Crippen LogP contribution in [0.15, 0.2) is 24.3 Å². The second kappa shape index (κ2) is 17.2. The molecule has 0 aliphatic rings. The molecule has 1 heteroatoms. The average molecular weight is 293 g/mol. The number of allylic oxidation sites excluding steroid dienone is 4. The maximum absolute atomic E-state index is 11.1. The molecule has 0 unspecified atom stereocenters. The van der Waals surface area contributed by atoms with Gasteiger partial charge in [-0.25, -0.2) is 0 Å². The number of unbranched alkanes of at least 4 members (excludes halogenated alkanes) is 6. The van der Waals surface area contributed by atoms with Gasteiger partial charge in [0.25, 0.3) is 0 Å². The zero-order chi connectivity index (χ0) is 15.6. The molecule has 0 aromatic heterocycles. The molecule has 1 nitrogen and oxygen atoms in total. The second-order valence-corrected chi connectivity index (χ2v) is 5.99. The van der Waals surface area contributed by atoms with E-state index in [0.717, 1.165) is 32.0 Å². The van der Waals surface area contributed by atoms with Gasteiger partial charge in [-0.3, -0.25) is 0 Å². The van der Waals surface area contributed by atoms with Crippen molar-refractivity contribution in [3.63, 3.8) is 0 Å². The molecule has 0 aliphatic carbocycles. The molecule has 0 N–H and O–H groups in total. The third-order valence-corrected chi connectivity index (χ3v) is 3.88. The van der Waals surface area contributed by atoms with E-state index in [1.165, 1.54) is 51.4 Å². The van der Waals surface area contributed by atoms with Crippen molar-refractivity contribution in [2.45, 2.75) is 90.9 Å². The summed E-state index contributed by atoms with van der Waals surface area (Å²) in [6.07, 6.45) is 24.6. The van der Waals surface area contributed by atoms with Crippen molar-refractivity contribution >= 4 is 6.29 Å². The molecule has 0 saturated carbocycles. The van der Waals surface area contributed by atoms with E-state index >= 15 is 0 Å². The highest BCUT2D eigenvalue weighted by Crippen LogP contribution is 2.13. The normalized spacial score (nSPS) is 12.0. The SMILES string of the molecule is CCCCC/C=C\CCC(C=O)CC/C=C\CCCCC. The van der Waals surface area contributed by atoms with E-state index in [9.17, 15) is 4.79 Å². The fourth-order valence-corrected chi connectivity index (χ4v) is 2.40. The van der Waals surface area contributed by atoms with E-state index in [1.807, 2.05) is 0 Å². The summed E-state index contributed by atoms with van der Waals surface area (Å²) in [7, 11) is 0. The Hall–Kier alpha value is -0.850. The van der Waals surface area contributed by atoms with Gasteiger partial charge < -0.3 is 4.79 Å². The van der Waals surface area contributed by atoms with Crippen LogP contribution in [0, 0.1) is 5.92 Å². The Labute approximate surface area is 132 Å². The second-order valence-electron chi connectivity index (χ2n) is 5.99. The van der Waals surface area contributed by atoms with Crippen LogP contribution in [0.25, 0.3) is 0 Å². The number of carbonyl (C=O) groups is 1. The summed E-state index contributed by atoms with van der Waals surface area (Å²) in [5.74, 6) is 0.241. The van der Waals surface area contributed by atoms with Crippen molar-refractivity contribution in [2.24, 2.45) is 5.92 Å². The maximum Gasteiger partial charge on any atom is 0.123 e. The van der Waals surface area contributed by atoms with Gasteiger partial charge in [-0.1, -0.05) is 63.8 Å². The van der Waals surface area contributed by atoms with Crippen LogP contribution in [0.3, 0.4) is 0 Å². The Morgan fingerprint density at radius 2 is 1.10 bits per heavy atom. The van der Waals surface area contributed by atoms with Crippen molar-refractivity contribution in [3.05, 3.63) is 24.3 Å². The van der Waals surface area contributed by atoms with Crippen LogP contribution in [0.2, 0.25) is 0 Å². The molecular formula is C20H36O. The van der Waals surface area contributed by atoms with Crippen molar-refractivity contribution in [2.75, 3.05) is 0 Å². The lowest BCUT2D eigenvalue weighted by molar-refractivity contribution is -0.111. The minimum Gasteiger partial charge on any atom is -0.303 e. The summed E-state index contributed by atoms with van der Waals surface area (Å²) in [6.45, 7) is 4.47. The Balaban J connectivity index is 3.55. The molecule has 0 atom stereocenters. The molecule has 0 radical (unpaired) electrons. The third-order valence-electron chi connectivity index (χ3n) is 3.88. The summed E-state index contributed by atoms with van der Waals surface area (Å²) >= 11 is 0. The predicted molar refractivity (Wildman–Crippen MR) is 94.6 cm³/mol. The van der Waals surface area contributed by atoms with Crippen LogP contribution in [-0.2, 0) is 4.79 Å². The molecule has 0 aliphatic heterocycles. The van der Waals surface area contributed by atoms with Gasteiger partial charge in [0.15, 0.2) is 0 Å². The lowest BCUT2D eigenvalue weighted by atomic mass is 9.98. The Morgan fingerprint density at radius 1 is 0.667 bits per heavy atom. The van der Waals surface area contributed by atoms with Gasteiger partial charge in [0.1, 0.15) is 6.29 Å². The molecule has 0 saturated heterocycles. The monoisotopic (exact) mass is 292 g/mol. The topological polar surface area (TPSA) is 17.1 Å². The molecule has 21 heavy (non-hydrogen) atoms. The number of hydrogen-bond donors (Lipinski definition) is 0. The van der Waals surface area contributed by atoms with Gasteiger partial charge in [0, 0.05) is 5.92 Å². The number of carbonyl (C=O) groups excluding carboxylic acids is 1. The minimum atomic E-state index is 0.241. The molecule has 0 rings (SSSR count). The molecule has 0 aromatic carbocycles. The van der Waals surface area contributed by atoms with Gasteiger partial charge in [-0.15, -0.1) is 0 Å². The number of rotatable bonds is 15. The van der Waals surface area contributed by atoms with Crippen LogP contribution in [0.5, 0.6) is 0 Å². The summed E-state index contributed by atoms with van der Waals surface area (Å²) in [6, 6.07) is 0. The first kappa shape index (κ1) is 20.1. The largest absolute Gasteiger partial charge is 0.303 e. The summed E-state index contributed by atoms with van der Waals surface area (Å²) < 4.78 is 0. The lowest BCUT2D eigenvalue weighted by Gasteiger charge is -2.06. The van der Waals surface area contributed by atoms with Crippen LogP contribution >= 0.6 is 0 Å². The van der Waals surface area contributed by atoms with Gasteiger partial charge in [0.2, 0.25) is 0 Å². The summed E-state index contributed by atoms with van der Waals surface area (Å²) in [5, 5.41) is 0. The van der Waals surface area contributed by atoms with Gasteiger partial charge in [-0.05, 0) is 51.4 Å². The summed E-state index contributed by atoms with van der Waals surface area (Å²) in [5.41, 5.74) is 0. The van der Waals surface area contributed by atoms with E-state index in [2.05, 4.69) is 38.2 Å². The molecule has 0 spiro atoms. The van der Waals surface area contributed by atoms with E-state index in [-0.39, 0.29) is 5.92 Å². The van der Waals surface area contributed by atoms with Crippen molar-refractivity contribution in [1.29, 1.82) is 0 Å². The highest BCUT2D eigenvalue weighted by Gasteiger charge is 2.04. The van der Waals surface area contributed by atoms with Gasteiger partial charge in [0.05, 0.1) is 0 Å². The first-order valence-corrected chi connectivity index (χ1v) is 9.10. The highest BCUT2D eigenvalue weighted by molar-refractivity contribution is 5.53. The molecule has 0 fully saturated rings. The Morgan fingerprint density at radius 3 is 1.48 bits per heavy atom. The first-order valence-electron chi connectivity index (χ1n) is 9.10. The van der Waals surface area contributed by atoms with Crippen LogP contribution in [0.1, 0.15) is 90.9 Å². The molecule has 0 bridgehead atoms. The van der Waals surface area contributed by atoms with E-state index in [1.54, 1.807) is 0 Å². The first-order chi connectivity index (χ1) is 10.3. The van der Waals surface area contributed by atoms with E-state index < -0.39 is 0 Å². The molecule has 122 valence electrons. The average Bonchev–Trinajstić information content (AvgIpc) is 2.51. The molecule has 0 amide bonds. The van der Waals surface area contributed by atoms with Crippen LogP contribution in [-0.4, -0.2) is 6.29 Å². The number of hydrogen-bond acceptors (Lipinski definition) is 1. The zero-order valence-corrected chi connectivity index (χ0v) is 14.4. The quantitative estimate of drug-likeness (QED) is 0.188. The Kier molecular flexibility index (Phi) is 16.5. The fraction of sp³-hybridized carbons (Fsp3) is 0.750. The minimum absolute atomic E-state index is 0.241. The van der Waals surface area contributed by atoms with Gasteiger partial charge in [-0.2, -0.15) is 0 Å².